The van der Waals surface area contributed by atoms with Gasteiger partial charge in [0.05, 0.1) is 41.0 Å². The van der Waals surface area contributed by atoms with Gasteiger partial charge in [0.2, 0.25) is 0 Å². The maximum Gasteiger partial charge on any atom is 0.338 e. The molecule has 0 fully saturated rings. The van der Waals surface area contributed by atoms with Crippen LogP contribution in [0.25, 0.3) is 0 Å². The van der Waals surface area contributed by atoms with Gasteiger partial charge in [-0.05, 0) is 31.2 Å². The molecule has 170 valence electrons. The van der Waals surface area contributed by atoms with E-state index in [0.717, 1.165) is 18.2 Å². The second-order valence-electron chi connectivity index (χ2n) is 6.72. The number of carbonyl (C=O) groups is 2. The number of para-hydroxylation sites is 1. The van der Waals surface area contributed by atoms with E-state index in [1.54, 1.807) is 31.2 Å². The first-order valence-corrected chi connectivity index (χ1v) is 11.5. The number of urea groups is 1. The maximum atomic E-state index is 13.5. The average molecular weight is 483 g/mol. The van der Waals surface area contributed by atoms with Crippen LogP contribution in [0.3, 0.4) is 0 Å². The lowest BCUT2D eigenvalue weighted by Gasteiger charge is -2.30. The number of hydrogen-bond donors (Lipinski definition) is 2. The van der Waals surface area contributed by atoms with Gasteiger partial charge in [0.1, 0.15) is 11.6 Å². The van der Waals surface area contributed by atoms with Gasteiger partial charge in [-0.3, -0.25) is 0 Å². The molecule has 1 aliphatic rings. The van der Waals surface area contributed by atoms with E-state index in [9.17, 15) is 22.4 Å². The molecular weight excluding hydrogens is 463 g/mol. The van der Waals surface area contributed by atoms with Crippen molar-refractivity contribution in [3.05, 3.63) is 70.1 Å². The average Bonchev–Trinajstić information content (AvgIpc) is 2.74. The van der Waals surface area contributed by atoms with Crippen LogP contribution in [-0.4, -0.2) is 39.9 Å². The van der Waals surface area contributed by atoms with Crippen LogP contribution in [0.2, 0.25) is 5.02 Å². The highest BCUT2D eigenvalue weighted by Crippen LogP contribution is 2.34. The molecule has 32 heavy (non-hydrogen) atoms. The van der Waals surface area contributed by atoms with Crippen LogP contribution in [-0.2, 0) is 19.4 Å². The van der Waals surface area contributed by atoms with Crippen molar-refractivity contribution in [3.63, 3.8) is 0 Å². The predicted octanol–water partition coefficient (Wildman–Crippen LogP) is 3.13. The van der Waals surface area contributed by atoms with Gasteiger partial charge in [0.15, 0.2) is 9.84 Å². The summed E-state index contributed by atoms with van der Waals surface area (Å²) < 4.78 is 50.0. The Morgan fingerprint density at radius 2 is 1.94 bits per heavy atom. The Bertz CT molecular complexity index is 1200. The van der Waals surface area contributed by atoms with Crippen LogP contribution in [0.1, 0.15) is 18.5 Å². The molecule has 1 aliphatic heterocycles. The van der Waals surface area contributed by atoms with E-state index in [1.807, 2.05) is 0 Å². The molecular formula is C21H20ClFN2O6S. The first kappa shape index (κ1) is 23.6. The zero-order valence-electron chi connectivity index (χ0n) is 17.1. The number of benzene rings is 2. The van der Waals surface area contributed by atoms with E-state index < -0.39 is 39.4 Å². The number of esters is 1. The quantitative estimate of drug-likeness (QED) is 0.463. The van der Waals surface area contributed by atoms with E-state index in [4.69, 9.17) is 21.1 Å². The van der Waals surface area contributed by atoms with Gasteiger partial charge in [-0.15, -0.1) is 0 Å². The Kier molecular flexibility index (Phi) is 7.05. The van der Waals surface area contributed by atoms with Gasteiger partial charge in [0, 0.05) is 11.3 Å². The van der Waals surface area contributed by atoms with Gasteiger partial charge >= 0.3 is 12.0 Å². The van der Waals surface area contributed by atoms with Gasteiger partial charge in [0.25, 0.3) is 0 Å². The van der Waals surface area contributed by atoms with Gasteiger partial charge in [-0.2, -0.15) is 0 Å². The zero-order valence-corrected chi connectivity index (χ0v) is 18.7. The summed E-state index contributed by atoms with van der Waals surface area (Å²) in [6, 6.07) is 7.89. The molecule has 11 heteroatoms. The molecule has 3 rings (SSSR count). The summed E-state index contributed by atoms with van der Waals surface area (Å²) in [6.45, 7) is 1.63. The summed E-state index contributed by atoms with van der Waals surface area (Å²) >= 11 is 5.72. The van der Waals surface area contributed by atoms with Crippen molar-refractivity contribution in [1.82, 2.24) is 10.6 Å². The Morgan fingerprint density at radius 3 is 2.59 bits per heavy atom. The molecule has 1 atom stereocenters. The largest absolute Gasteiger partial charge is 0.496 e. The van der Waals surface area contributed by atoms with E-state index in [2.05, 4.69) is 10.6 Å². The Balaban J connectivity index is 2.14. The number of halogens is 2. The topological polar surface area (TPSA) is 111 Å². The molecule has 0 saturated heterocycles. The van der Waals surface area contributed by atoms with Crippen LogP contribution >= 0.6 is 11.6 Å². The van der Waals surface area contributed by atoms with Crippen molar-refractivity contribution >= 4 is 33.4 Å². The molecule has 0 spiro atoms. The molecule has 2 N–H and O–H groups in total. The minimum Gasteiger partial charge on any atom is -0.496 e. The molecule has 0 aliphatic carbocycles. The minimum absolute atomic E-state index is 0.0303. The number of amides is 2. The second kappa shape index (κ2) is 9.58. The highest BCUT2D eigenvalue weighted by atomic mass is 35.5. The number of ether oxygens (including phenoxy) is 2. The van der Waals surface area contributed by atoms with Gasteiger partial charge in [-0.1, -0.05) is 29.8 Å². The molecule has 0 saturated carbocycles. The third kappa shape index (κ3) is 4.86. The van der Waals surface area contributed by atoms with Crippen molar-refractivity contribution < 1.29 is 31.9 Å². The Hall–Kier alpha value is -3.11. The normalized spacial score (nSPS) is 16.2. The summed E-state index contributed by atoms with van der Waals surface area (Å²) in [5, 5.41) is 4.64. The van der Waals surface area contributed by atoms with Crippen molar-refractivity contribution in [2.75, 3.05) is 19.5 Å². The molecule has 0 radical (unpaired) electrons. The number of rotatable bonds is 7. The fourth-order valence-electron chi connectivity index (χ4n) is 3.26. The van der Waals surface area contributed by atoms with Crippen LogP contribution < -0.4 is 15.4 Å². The van der Waals surface area contributed by atoms with Crippen molar-refractivity contribution in [2.45, 2.75) is 17.9 Å². The monoisotopic (exact) mass is 482 g/mol. The molecule has 8 nitrogen and oxygen atoms in total. The van der Waals surface area contributed by atoms with Crippen LogP contribution in [0.4, 0.5) is 9.18 Å². The van der Waals surface area contributed by atoms with Gasteiger partial charge < -0.3 is 20.1 Å². The molecule has 2 aromatic carbocycles. The fraction of sp³-hybridized carbons (Fsp3) is 0.238. The molecule has 0 bridgehead atoms. The summed E-state index contributed by atoms with van der Waals surface area (Å²) in [5.41, 5.74) is 0.184. The summed E-state index contributed by atoms with van der Waals surface area (Å²) in [7, 11) is -2.69. The number of methoxy groups -OCH3 is 1. The highest BCUT2D eigenvalue weighted by molar-refractivity contribution is 7.91. The lowest BCUT2D eigenvalue weighted by Crippen LogP contribution is -2.47. The van der Waals surface area contributed by atoms with Crippen LogP contribution in [0.5, 0.6) is 5.75 Å². The third-order valence-corrected chi connectivity index (χ3v) is 6.61. The maximum absolute atomic E-state index is 13.5. The lowest BCUT2D eigenvalue weighted by molar-refractivity contribution is -0.139. The van der Waals surface area contributed by atoms with Gasteiger partial charge in [-0.25, -0.2) is 22.4 Å². The van der Waals surface area contributed by atoms with Crippen molar-refractivity contribution in [3.8, 4) is 5.75 Å². The first-order valence-electron chi connectivity index (χ1n) is 9.46. The number of nitrogens with one attached hydrogen (secondary N) is 2. The Labute approximate surface area is 189 Å². The highest BCUT2D eigenvalue weighted by Gasteiger charge is 2.37. The van der Waals surface area contributed by atoms with Crippen LogP contribution in [0, 0.1) is 5.82 Å². The second-order valence-corrected chi connectivity index (χ2v) is 9.12. The fourth-order valence-corrected chi connectivity index (χ4v) is 4.86. The minimum atomic E-state index is -4.12. The zero-order chi connectivity index (χ0) is 23.5. The molecule has 2 aromatic rings. The number of sulfone groups is 1. The van der Waals surface area contributed by atoms with E-state index in [-0.39, 0.29) is 27.8 Å². The van der Waals surface area contributed by atoms with Crippen molar-refractivity contribution in [2.24, 2.45) is 0 Å². The SMILES string of the molecule is CCOC(=O)C1=C(CS(=O)(=O)c2ccc(F)c(Cl)c2)NC(=O)N[C@H]1c1ccccc1OC. The van der Waals surface area contributed by atoms with E-state index in [1.165, 1.54) is 7.11 Å². The number of hydrogen-bond acceptors (Lipinski definition) is 6. The standard InChI is InChI=1S/C21H20ClFN2O6S/c1-3-31-20(26)18-16(11-32(28,29)12-8-9-15(23)14(22)10-12)24-21(27)25-19(18)13-6-4-5-7-17(13)30-2/h4-10,19H,3,11H2,1-2H3,(H2,24,25,27)/t19-/m0/s1. The van der Waals surface area contributed by atoms with Crippen LogP contribution in [0.15, 0.2) is 58.6 Å². The first-order chi connectivity index (χ1) is 15.2. The van der Waals surface area contributed by atoms with Crippen molar-refractivity contribution in [1.29, 1.82) is 0 Å². The molecule has 0 aromatic heterocycles. The third-order valence-electron chi connectivity index (χ3n) is 4.68. The molecule has 2 amide bonds. The summed E-state index contributed by atoms with van der Waals surface area (Å²) in [5.74, 6) is -1.95. The smallest absolute Gasteiger partial charge is 0.338 e. The van der Waals surface area contributed by atoms with E-state index >= 15 is 0 Å². The Morgan fingerprint density at radius 1 is 1.22 bits per heavy atom. The number of carbonyl (C=O) groups excluding carboxylic acids is 2. The molecule has 0 unspecified atom stereocenters. The summed E-state index contributed by atoms with van der Waals surface area (Å²) in [6.07, 6.45) is 0. The lowest BCUT2D eigenvalue weighted by atomic mass is 9.95. The van der Waals surface area contributed by atoms with E-state index in [0.29, 0.717) is 11.3 Å². The molecule has 1 heterocycles. The predicted molar refractivity (Wildman–Crippen MR) is 115 cm³/mol. The summed E-state index contributed by atoms with van der Waals surface area (Å²) in [4.78, 5) is 25.0.